The number of carbonyl (C=O) groups is 2. The second-order valence-corrected chi connectivity index (χ2v) is 8.47. The summed E-state index contributed by atoms with van der Waals surface area (Å²) in [6.45, 7) is 2.69. The SMILES string of the molecule is CCCCCCCCNc1nc(C=C2SC(=S)N(CC(=O)O)C2=O)cs1. The fourth-order valence-electron chi connectivity index (χ4n) is 2.44. The van der Waals surface area contributed by atoms with Gasteiger partial charge in [-0.3, -0.25) is 14.5 Å². The van der Waals surface area contributed by atoms with Gasteiger partial charge in [0.05, 0.1) is 10.6 Å². The van der Waals surface area contributed by atoms with Crippen LogP contribution in [0.2, 0.25) is 0 Å². The topological polar surface area (TPSA) is 82.5 Å². The predicted octanol–water partition coefficient (Wildman–Crippen LogP) is 4.20. The number of aromatic nitrogens is 1. The Kier molecular flexibility index (Phi) is 8.53. The van der Waals surface area contributed by atoms with Crippen molar-refractivity contribution in [1.29, 1.82) is 0 Å². The number of carbonyl (C=O) groups excluding carboxylic acids is 1. The molecule has 0 bridgehead atoms. The van der Waals surface area contributed by atoms with Crippen molar-refractivity contribution in [2.24, 2.45) is 0 Å². The molecular weight excluding hydrogens is 390 g/mol. The van der Waals surface area contributed by atoms with Gasteiger partial charge >= 0.3 is 5.97 Å². The molecule has 0 spiro atoms. The van der Waals surface area contributed by atoms with Crippen molar-refractivity contribution < 1.29 is 14.7 Å². The molecule has 26 heavy (non-hydrogen) atoms. The van der Waals surface area contributed by atoms with Crippen molar-refractivity contribution in [1.82, 2.24) is 9.88 Å². The van der Waals surface area contributed by atoms with Gasteiger partial charge in [0.2, 0.25) is 0 Å². The number of hydrogen-bond donors (Lipinski definition) is 2. The molecule has 0 aliphatic carbocycles. The number of hydrogen-bond acceptors (Lipinski definition) is 7. The van der Waals surface area contributed by atoms with E-state index in [9.17, 15) is 9.59 Å². The molecule has 2 N–H and O–H groups in total. The predicted molar refractivity (Wildman–Crippen MR) is 111 cm³/mol. The quantitative estimate of drug-likeness (QED) is 0.319. The van der Waals surface area contributed by atoms with E-state index in [1.165, 1.54) is 43.4 Å². The highest BCUT2D eigenvalue weighted by Gasteiger charge is 2.33. The first-order chi connectivity index (χ1) is 12.5. The van der Waals surface area contributed by atoms with Gasteiger partial charge in [-0.15, -0.1) is 11.3 Å². The van der Waals surface area contributed by atoms with E-state index >= 15 is 0 Å². The zero-order valence-corrected chi connectivity index (χ0v) is 17.1. The number of amides is 1. The van der Waals surface area contributed by atoms with Crippen LogP contribution in [0.15, 0.2) is 10.3 Å². The zero-order valence-electron chi connectivity index (χ0n) is 14.7. The van der Waals surface area contributed by atoms with E-state index in [2.05, 4.69) is 17.2 Å². The summed E-state index contributed by atoms with van der Waals surface area (Å²) < 4.78 is 0.264. The number of aliphatic carboxylic acids is 1. The minimum atomic E-state index is -1.09. The van der Waals surface area contributed by atoms with Crippen LogP contribution >= 0.6 is 35.3 Å². The van der Waals surface area contributed by atoms with Gasteiger partial charge in [-0.25, -0.2) is 4.98 Å². The molecule has 6 nitrogen and oxygen atoms in total. The summed E-state index contributed by atoms with van der Waals surface area (Å²) >= 11 is 7.68. The number of carboxylic acids is 1. The number of unbranched alkanes of at least 4 members (excludes halogenated alkanes) is 5. The van der Waals surface area contributed by atoms with Gasteiger partial charge in [-0.2, -0.15) is 0 Å². The maximum Gasteiger partial charge on any atom is 0.323 e. The lowest BCUT2D eigenvalue weighted by molar-refractivity contribution is -0.140. The van der Waals surface area contributed by atoms with Gasteiger partial charge in [0.15, 0.2) is 5.13 Å². The zero-order chi connectivity index (χ0) is 18.9. The molecule has 1 aliphatic heterocycles. The van der Waals surface area contributed by atoms with Crippen molar-refractivity contribution >= 4 is 62.7 Å². The Morgan fingerprint density at radius 2 is 2.08 bits per heavy atom. The molecule has 2 rings (SSSR count). The van der Waals surface area contributed by atoms with Crippen LogP contribution in [0.3, 0.4) is 0 Å². The summed E-state index contributed by atoms with van der Waals surface area (Å²) in [5.74, 6) is -1.46. The summed E-state index contributed by atoms with van der Waals surface area (Å²) in [4.78, 5) is 29.0. The molecule has 142 valence electrons. The monoisotopic (exact) mass is 413 g/mol. The van der Waals surface area contributed by atoms with Crippen LogP contribution in [-0.4, -0.2) is 44.3 Å². The maximum absolute atomic E-state index is 12.2. The van der Waals surface area contributed by atoms with Gasteiger partial charge in [0, 0.05) is 11.9 Å². The number of thiazole rings is 1. The van der Waals surface area contributed by atoms with E-state index in [0.717, 1.165) is 34.8 Å². The molecule has 2 heterocycles. The molecule has 0 saturated carbocycles. The van der Waals surface area contributed by atoms with Crippen LogP contribution in [0, 0.1) is 0 Å². The fourth-order valence-corrected chi connectivity index (χ4v) is 4.38. The molecule has 9 heteroatoms. The van der Waals surface area contributed by atoms with Gasteiger partial charge in [-0.05, 0) is 12.5 Å². The van der Waals surface area contributed by atoms with Crippen molar-refractivity contribution in [3.8, 4) is 0 Å². The van der Waals surface area contributed by atoms with E-state index in [4.69, 9.17) is 17.3 Å². The number of nitrogens with one attached hydrogen (secondary N) is 1. The normalized spacial score (nSPS) is 15.9. The molecule has 0 radical (unpaired) electrons. The third-order valence-corrected chi connectivity index (χ3v) is 5.97. The molecule has 1 saturated heterocycles. The molecule has 1 fully saturated rings. The van der Waals surface area contributed by atoms with Crippen LogP contribution in [0.5, 0.6) is 0 Å². The average molecular weight is 414 g/mol. The number of thiocarbonyl (C=S) groups is 1. The lowest BCUT2D eigenvalue weighted by Crippen LogP contribution is -2.33. The number of thioether (sulfide) groups is 1. The Balaban J connectivity index is 1.82. The van der Waals surface area contributed by atoms with E-state index in [1.54, 1.807) is 6.08 Å². The Morgan fingerprint density at radius 3 is 2.81 bits per heavy atom. The average Bonchev–Trinajstić information content (AvgIpc) is 3.14. The van der Waals surface area contributed by atoms with Crippen molar-refractivity contribution in [3.05, 3.63) is 16.0 Å². The highest BCUT2D eigenvalue weighted by Crippen LogP contribution is 2.32. The first-order valence-electron chi connectivity index (χ1n) is 8.67. The second-order valence-electron chi connectivity index (χ2n) is 5.93. The minimum Gasteiger partial charge on any atom is -0.480 e. The van der Waals surface area contributed by atoms with Crippen molar-refractivity contribution in [2.75, 3.05) is 18.4 Å². The van der Waals surface area contributed by atoms with Gasteiger partial charge < -0.3 is 10.4 Å². The summed E-state index contributed by atoms with van der Waals surface area (Å²) in [6.07, 6.45) is 9.14. The lowest BCUT2D eigenvalue weighted by atomic mass is 10.1. The molecule has 1 aliphatic rings. The number of anilines is 1. The van der Waals surface area contributed by atoms with Crippen LogP contribution in [0.1, 0.15) is 51.1 Å². The van der Waals surface area contributed by atoms with E-state index in [1.807, 2.05) is 5.38 Å². The Hall–Kier alpha value is -1.45. The standard InChI is InChI=1S/C17H23N3O3S3/c1-2-3-4-5-6-7-8-18-16-19-12(11-25-16)9-13-15(23)20(10-14(21)22)17(24)26-13/h9,11H,2-8,10H2,1H3,(H,18,19)(H,21,22). The first-order valence-corrected chi connectivity index (χ1v) is 10.8. The van der Waals surface area contributed by atoms with E-state index in [-0.39, 0.29) is 10.2 Å². The molecule has 1 aromatic heterocycles. The Morgan fingerprint density at radius 1 is 1.35 bits per heavy atom. The third kappa shape index (κ3) is 6.37. The van der Waals surface area contributed by atoms with Crippen molar-refractivity contribution in [3.63, 3.8) is 0 Å². The van der Waals surface area contributed by atoms with Crippen LogP contribution in [0.4, 0.5) is 5.13 Å². The number of rotatable bonds is 11. The fraction of sp³-hybridized carbons (Fsp3) is 0.529. The summed E-state index contributed by atoms with van der Waals surface area (Å²) in [7, 11) is 0. The summed E-state index contributed by atoms with van der Waals surface area (Å²) in [5.41, 5.74) is 0.677. The second kappa shape index (κ2) is 10.6. The van der Waals surface area contributed by atoms with E-state index < -0.39 is 12.5 Å². The summed E-state index contributed by atoms with van der Waals surface area (Å²) in [6, 6.07) is 0. The maximum atomic E-state index is 12.2. The number of carboxylic acid groups (broad SMARTS) is 1. The largest absolute Gasteiger partial charge is 0.480 e. The van der Waals surface area contributed by atoms with Gasteiger partial charge in [0.1, 0.15) is 10.9 Å². The minimum absolute atomic E-state index is 0.264. The van der Waals surface area contributed by atoms with Crippen LogP contribution in [-0.2, 0) is 9.59 Å². The smallest absolute Gasteiger partial charge is 0.323 e. The lowest BCUT2D eigenvalue weighted by Gasteiger charge is -2.09. The highest BCUT2D eigenvalue weighted by atomic mass is 32.2. The van der Waals surface area contributed by atoms with Gasteiger partial charge in [0.25, 0.3) is 5.91 Å². The Bertz CT molecular complexity index is 688. The molecule has 1 amide bonds. The molecule has 0 atom stereocenters. The van der Waals surface area contributed by atoms with Gasteiger partial charge in [-0.1, -0.05) is 63.0 Å². The first kappa shape index (κ1) is 20.9. The molecule has 0 aromatic carbocycles. The summed E-state index contributed by atoms with van der Waals surface area (Å²) in [5, 5.41) is 14.9. The number of nitrogens with zero attached hydrogens (tertiary/aromatic N) is 2. The van der Waals surface area contributed by atoms with Crippen LogP contribution < -0.4 is 5.32 Å². The molecule has 0 unspecified atom stereocenters. The highest BCUT2D eigenvalue weighted by molar-refractivity contribution is 8.26. The van der Waals surface area contributed by atoms with E-state index in [0.29, 0.717) is 10.6 Å². The molecule has 1 aromatic rings. The Labute approximate surface area is 167 Å². The molecular formula is C17H23N3O3S3. The van der Waals surface area contributed by atoms with Crippen LogP contribution in [0.25, 0.3) is 6.08 Å². The van der Waals surface area contributed by atoms with Crippen molar-refractivity contribution in [2.45, 2.75) is 45.4 Å². The third-order valence-electron chi connectivity index (χ3n) is 3.77.